The van der Waals surface area contributed by atoms with E-state index in [2.05, 4.69) is 0 Å². The molecule has 4 aromatic carbocycles. The first-order chi connectivity index (χ1) is 22.6. The maximum absolute atomic E-state index is 14.7. The fourth-order valence-corrected chi connectivity index (χ4v) is 6.37. The zero-order valence-corrected chi connectivity index (χ0v) is 26.8. The molecule has 2 N–H and O–H groups in total. The number of urea groups is 1. The number of ether oxygens (including phenoxy) is 2. The van der Waals surface area contributed by atoms with Crippen molar-refractivity contribution in [1.29, 1.82) is 0 Å². The molecule has 3 amide bonds. The highest BCUT2D eigenvalue weighted by Gasteiger charge is 2.55. The molecule has 1 fully saturated rings. The molecule has 47 heavy (non-hydrogen) atoms. The number of para-hydroxylation sites is 2. The van der Waals surface area contributed by atoms with Crippen LogP contribution < -0.4 is 9.47 Å². The van der Waals surface area contributed by atoms with E-state index < -0.39 is 41.6 Å². The molecule has 10 nitrogen and oxygen atoms in total. The molecule has 4 aromatic rings. The van der Waals surface area contributed by atoms with Gasteiger partial charge in [0.15, 0.2) is 6.04 Å². The predicted octanol–water partition coefficient (Wildman–Crippen LogP) is 4.75. The minimum atomic E-state index is -1.89. The van der Waals surface area contributed by atoms with Crippen LogP contribution in [0.2, 0.25) is 0 Å². The number of methoxy groups -OCH3 is 2. The summed E-state index contributed by atoms with van der Waals surface area (Å²) >= 11 is 0. The molecule has 0 saturated carbocycles. The summed E-state index contributed by atoms with van der Waals surface area (Å²) in [4.78, 5) is 45.7. The second-order valence-corrected chi connectivity index (χ2v) is 11.5. The Hall–Kier alpha value is -5.35. The van der Waals surface area contributed by atoms with Crippen molar-refractivity contribution in [1.82, 2.24) is 14.7 Å². The third kappa shape index (κ3) is 6.24. The van der Waals surface area contributed by atoms with Gasteiger partial charge in [-0.25, -0.2) is 9.59 Å². The molecule has 0 spiro atoms. The molecule has 10 heteroatoms. The van der Waals surface area contributed by atoms with Crippen LogP contribution in [0.25, 0.3) is 0 Å². The fourth-order valence-electron chi connectivity index (χ4n) is 6.37. The minimum absolute atomic E-state index is 0.00264. The standard InChI is InChI=1S/C37H39N3O7/c1-25(37(45,28-19-11-13-21-30(28)46-3)29-20-12-14-22-31(29)47-4)38(2)34(41)32-33(35(42)43)40(24-27-17-9-6-10-18-27)36(44)39(32)23-26-15-7-5-8-16-26/h5-22,25,32-33,45H,23-24H2,1-4H3,(H,42,43)/t25?,32-,33+/m1/s1. The number of carboxylic acid groups (broad SMARTS) is 1. The van der Waals surface area contributed by atoms with Crippen LogP contribution in [-0.4, -0.2) is 82.2 Å². The normalized spacial score (nSPS) is 16.9. The number of aliphatic carboxylic acids is 1. The second-order valence-electron chi connectivity index (χ2n) is 11.5. The average molecular weight is 638 g/mol. The number of carboxylic acids is 1. The molecule has 1 aliphatic rings. The summed E-state index contributed by atoms with van der Waals surface area (Å²) in [5.74, 6) is -1.19. The van der Waals surface area contributed by atoms with Gasteiger partial charge >= 0.3 is 12.0 Å². The minimum Gasteiger partial charge on any atom is -0.496 e. The van der Waals surface area contributed by atoms with Crippen molar-refractivity contribution in [2.45, 2.75) is 43.7 Å². The number of carbonyl (C=O) groups is 3. The van der Waals surface area contributed by atoms with Gasteiger partial charge in [0, 0.05) is 31.3 Å². The van der Waals surface area contributed by atoms with Crippen LogP contribution in [0.1, 0.15) is 29.2 Å². The monoisotopic (exact) mass is 637 g/mol. The zero-order valence-electron chi connectivity index (χ0n) is 26.8. The Morgan fingerprint density at radius 3 is 1.57 bits per heavy atom. The Labute approximate surface area is 274 Å². The van der Waals surface area contributed by atoms with Crippen LogP contribution in [0.5, 0.6) is 11.5 Å². The molecular formula is C37H39N3O7. The molecule has 0 bridgehead atoms. The first kappa shape index (κ1) is 33.0. The maximum atomic E-state index is 14.7. The number of hydrogen-bond donors (Lipinski definition) is 2. The quantitative estimate of drug-likeness (QED) is 0.230. The molecular weight excluding hydrogens is 598 g/mol. The van der Waals surface area contributed by atoms with Gasteiger partial charge in [0.1, 0.15) is 23.1 Å². The Balaban J connectivity index is 1.61. The fraction of sp³-hybridized carbons (Fsp3) is 0.270. The summed E-state index contributed by atoms with van der Waals surface area (Å²) in [5, 5.41) is 23.4. The van der Waals surface area contributed by atoms with Gasteiger partial charge in [-0.1, -0.05) is 97.1 Å². The first-order valence-corrected chi connectivity index (χ1v) is 15.3. The third-order valence-corrected chi connectivity index (χ3v) is 8.93. The summed E-state index contributed by atoms with van der Waals surface area (Å²) in [6.07, 6.45) is 0. The number of rotatable bonds is 12. The van der Waals surface area contributed by atoms with Gasteiger partial charge in [-0.05, 0) is 30.2 Å². The van der Waals surface area contributed by atoms with E-state index in [1.165, 1.54) is 36.0 Å². The van der Waals surface area contributed by atoms with Crippen LogP contribution in [0.15, 0.2) is 109 Å². The lowest BCUT2D eigenvalue weighted by atomic mass is 9.79. The Morgan fingerprint density at radius 2 is 1.15 bits per heavy atom. The van der Waals surface area contributed by atoms with E-state index in [9.17, 15) is 24.6 Å². The number of benzene rings is 4. The van der Waals surface area contributed by atoms with E-state index in [1.807, 2.05) is 48.5 Å². The average Bonchev–Trinajstić information content (AvgIpc) is 3.37. The lowest BCUT2D eigenvalue weighted by Gasteiger charge is -2.42. The number of likely N-dealkylation sites (N-methyl/N-ethyl adjacent to an activating group) is 1. The molecule has 3 atom stereocenters. The molecule has 244 valence electrons. The van der Waals surface area contributed by atoms with Crippen molar-refractivity contribution < 1.29 is 34.1 Å². The Kier molecular flexibility index (Phi) is 9.81. The van der Waals surface area contributed by atoms with Crippen molar-refractivity contribution in [3.05, 3.63) is 131 Å². The molecule has 1 aliphatic heterocycles. The van der Waals surface area contributed by atoms with E-state index >= 15 is 0 Å². The van der Waals surface area contributed by atoms with Crippen molar-refractivity contribution in [2.24, 2.45) is 0 Å². The van der Waals surface area contributed by atoms with E-state index in [1.54, 1.807) is 67.6 Å². The number of nitrogens with zero attached hydrogens (tertiary/aromatic N) is 3. The second kappa shape index (κ2) is 14.0. The summed E-state index contributed by atoms with van der Waals surface area (Å²) in [6, 6.07) is 27.6. The lowest BCUT2D eigenvalue weighted by molar-refractivity contribution is -0.150. The number of aliphatic hydroxyl groups is 1. The van der Waals surface area contributed by atoms with Crippen molar-refractivity contribution >= 4 is 17.9 Å². The van der Waals surface area contributed by atoms with Crippen LogP contribution in [0.3, 0.4) is 0 Å². The maximum Gasteiger partial charge on any atom is 0.329 e. The highest BCUT2D eigenvalue weighted by Crippen LogP contribution is 2.44. The van der Waals surface area contributed by atoms with Crippen LogP contribution in [-0.2, 0) is 28.3 Å². The topological polar surface area (TPSA) is 120 Å². The smallest absolute Gasteiger partial charge is 0.329 e. The van der Waals surface area contributed by atoms with Crippen molar-refractivity contribution in [3.63, 3.8) is 0 Å². The van der Waals surface area contributed by atoms with Gasteiger partial charge in [0.25, 0.3) is 0 Å². The SMILES string of the molecule is COc1ccccc1C(O)(c1ccccc1OC)C(C)N(C)C(=O)[C@H]1[C@@H](C(=O)O)N(Cc2ccccc2)C(=O)N1Cc1ccccc1. The van der Waals surface area contributed by atoms with Gasteiger partial charge in [-0.15, -0.1) is 0 Å². The molecule has 0 aliphatic carbocycles. The third-order valence-electron chi connectivity index (χ3n) is 8.93. The van der Waals surface area contributed by atoms with E-state index in [0.717, 1.165) is 11.1 Å². The van der Waals surface area contributed by atoms with Gasteiger partial charge < -0.3 is 34.4 Å². The Bertz CT molecular complexity index is 1670. The molecule has 1 saturated heterocycles. The molecule has 0 radical (unpaired) electrons. The molecule has 5 rings (SSSR count). The molecule has 1 unspecified atom stereocenters. The molecule has 1 heterocycles. The van der Waals surface area contributed by atoms with Crippen LogP contribution in [0.4, 0.5) is 4.79 Å². The van der Waals surface area contributed by atoms with Crippen molar-refractivity contribution in [2.75, 3.05) is 21.3 Å². The first-order valence-electron chi connectivity index (χ1n) is 15.3. The van der Waals surface area contributed by atoms with Gasteiger partial charge in [0.05, 0.1) is 20.3 Å². The summed E-state index contributed by atoms with van der Waals surface area (Å²) in [5.41, 5.74) is 0.327. The van der Waals surface area contributed by atoms with Crippen LogP contribution in [0, 0.1) is 0 Å². The highest BCUT2D eigenvalue weighted by atomic mass is 16.5. The van der Waals surface area contributed by atoms with E-state index in [-0.39, 0.29) is 13.1 Å². The van der Waals surface area contributed by atoms with Gasteiger partial charge in [0.2, 0.25) is 5.91 Å². The van der Waals surface area contributed by atoms with E-state index in [4.69, 9.17) is 9.47 Å². The highest BCUT2D eigenvalue weighted by molar-refractivity contribution is 5.98. The number of amides is 3. The zero-order chi connectivity index (χ0) is 33.7. The van der Waals surface area contributed by atoms with Gasteiger partial charge in [-0.2, -0.15) is 0 Å². The molecule has 0 aromatic heterocycles. The lowest BCUT2D eigenvalue weighted by Crippen LogP contribution is -2.58. The van der Waals surface area contributed by atoms with Gasteiger partial charge in [-0.3, -0.25) is 4.79 Å². The van der Waals surface area contributed by atoms with Crippen LogP contribution >= 0.6 is 0 Å². The summed E-state index contributed by atoms with van der Waals surface area (Å²) < 4.78 is 11.3. The van der Waals surface area contributed by atoms with Crippen molar-refractivity contribution in [3.8, 4) is 11.5 Å². The number of hydrogen-bond acceptors (Lipinski definition) is 6. The Morgan fingerprint density at radius 1 is 0.745 bits per heavy atom. The predicted molar refractivity (Wildman–Crippen MR) is 176 cm³/mol. The summed E-state index contributed by atoms with van der Waals surface area (Å²) in [6.45, 7) is 1.68. The van der Waals surface area contributed by atoms with E-state index in [0.29, 0.717) is 22.6 Å². The summed E-state index contributed by atoms with van der Waals surface area (Å²) in [7, 11) is 4.49. The number of carbonyl (C=O) groups excluding carboxylic acids is 2. The largest absolute Gasteiger partial charge is 0.496 e.